The van der Waals surface area contributed by atoms with E-state index < -0.39 is 21.1 Å². The van der Waals surface area contributed by atoms with E-state index in [0.717, 1.165) is 0 Å². The molecule has 9 nitrogen and oxygen atoms in total. The van der Waals surface area contributed by atoms with Crippen LogP contribution in [0.3, 0.4) is 0 Å². The Balaban J connectivity index is -0.000000342. The summed E-state index contributed by atoms with van der Waals surface area (Å²) in [6.07, 6.45) is 0.382. The van der Waals surface area contributed by atoms with Gasteiger partial charge in [-0.1, -0.05) is 0 Å². The summed E-state index contributed by atoms with van der Waals surface area (Å²) in [6, 6.07) is 0. The Morgan fingerprint density at radius 3 is 2.04 bits per heavy atom. The summed E-state index contributed by atoms with van der Waals surface area (Å²) in [5.41, 5.74) is 0. The van der Waals surface area contributed by atoms with Crippen LogP contribution in [-0.2, 0) is 27.2 Å². The van der Waals surface area contributed by atoms with Crippen molar-refractivity contribution in [3.05, 3.63) is 0 Å². The molecule has 3 N–H and O–H groups in total. The van der Waals surface area contributed by atoms with E-state index in [9.17, 15) is 9.13 Å². The van der Waals surface area contributed by atoms with Crippen molar-refractivity contribution in [2.24, 2.45) is 11.8 Å². The Morgan fingerprint density at radius 2 is 1.79 bits per heavy atom. The monoisotopic (exact) mass is 615 g/mol. The molecule has 0 saturated carbocycles. The fourth-order valence-corrected chi connectivity index (χ4v) is 4.55. The summed E-state index contributed by atoms with van der Waals surface area (Å²) in [4.78, 5) is 0. The van der Waals surface area contributed by atoms with Gasteiger partial charge < -0.3 is 33.4 Å². The van der Waals surface area contributed by atoms with Crippen LogP contribution in [0.15, 0.2) is 0 Å². The first-order chi connectivity index (χ1) is 11.3. The van der Waals surface area contributed by atoms with Gasteiger partial charge in [-0.05, 0) is 1.34 Å². The average molecular weight is 615 g/mol. The summed E-state index contributed by atoms with van der Waals surface area (Å²) in [7, 11) is 1.79. The number of aliphatic hydroxyl groups excluding tert-OH is 3. The predicted octanol–water partition coefficient (Wildman–Crippen LogP) is -0.111. The molecule has 13 heteroatoms. The van der Waals surface area contributed by atoms with Crippen molar-refractivity contribution < 1.29 is 73.7 Å². The third-order valence-electron chi connectivity index (χ3n) is 3.08. The van der Waals surface area contributed by atoms with E-state index in [1.165, 1.54) is 21.3 Å². The molecule has 2 atom stereocenters. The van der Waals surface area contributed by atoms with Gasteiger partial charge in [0.25, 0.3) is 0 Å². The average Bonchev–Trinajstić information content (AvgIpc) is 3.04. The third-order valence-corrected chi connectivity index (χ3v) is 7.22. The van der Waals surface area contributed by atoms with Gasteiger partial charge in [0.15, 0.2) is 0 Å². The topological polar surface area (TPSA) is 132 Å². The first-order valence-corrected chi connectivity index (χ1v) is 10.1. The van der Waals surface area contributed by atoms with Gasteiger partial charge in [-0.3, -0.25) is 9.13 Å². The summed E-state index contributed by atoms with van der Waals surface area (Å²) in [6.45, 7) is -0.0879. The standard InChI is InChI=1S/C6H15O5P.C5H11O4P.BH.U/c1-10-12(9,11-2)5-6(3-7)4-8;1-8-10(7)4-5(2-6)3-9-10;;/h6-8H,3-5H2,1-2H3;5-6H,2-4H2,1H3;1H;/i;;1D;. The van der Waals surface area contributed by atoms with E-state index in [4.69, 9.17) is 21.2 Å². The Kier molecular flexibility index (Phi) is 17.6. The third kappa shape index (κ3) is 11.1. The Morgan fingerprint density at radius 1 is 1.29 bits per heavy atom. The van der Waals surface area contributed by atoms with Gasteiger partial charge >= 0.3 is 15.2 Å². The van der Waals surface area contributed by atoms with Crippen molar-refractivity contribution in [1.29, 1.82) is 1.34 Å². The molecule has 0 amide bonds. The molecule has 142 valence electrons. The second kappa shape index (κ2) is 15.4. The minimum atomic E-state index is -3.09. The van der Waals surface area contributed by atoms with E-state index in [2.05, 4.69) is 21.9 Å². The van der Waals surface area contributed by atoms with Crippen molar-refractivity contribution in [2.75, 3.05) is 60.1 Å². The molecule has 0 aromatic carbocycles. The maximum absolute atomic E-state index is 11.4. The molecule has 1 heterocycles. The minimum absolute atomic E-state index is 0. The number of hydrogen-bond donors (Lipinski definition) is 3. The van der Waals surface area contributed by atoms with E-state index in [-0.39, 0.29) is 63.0 Å². The number of hydrogen-bond acceptors (Lipinski definition) is 9. The molecular weight excluding hydrogens is 587 g/mol. The van der Waals surface area contributed by atoms with Crippen LogP contribution in [-0.4, -0.2) is 85.1 Å². The first-order valence-electron chi connectivity index (χ1n) is 7.22. The van der Waals surface area contributed by atoms with E-state index in [0.29, 0.717) is 12.8 Å². The predicted molar refractivity (Wildman–Crippen MR) is 87.3 cm³/mol. The molecule has 1 aliphatic heterocycles. The van der Waals surface area contributed by atoms with Crippen LogP contribution in [0, 0.1) is 42.9 Å². The summed E-state index contributed by atoms with van der Waals surface area (Å²) in [5, 5.41) is 26.0. The molecule has 0 aromatic rings. The van der Waals surface area contributed by atoms with E-state index >= 15 is 0 Å². The molecule has 24 heavy (non-hydrogen) atoms. The number of rotatable bonds is 8. The van der Waals surface area contributed by atoms with Crippen LogP contribution >= 0.6 is 15.2 Å². The smallest absolute Gasteiger partial charge is 0.330 e. The Hall–Kier alpha value is 1.30. The Labute approximate surface area is 170 Å². The second-order valence-electron chi connectivity index (χ2n) is 4.71. The fourth-order valence-electron chi connectivity index (χ4n) is 1.59. The van der Waals surface area contributed by atoms with Crippen LogP contribution in [0.2, 0.25) is 0 Å². The fraction of sp³-hybridized carbons (Fsp3) is 1.00. The van der Waals surface area contributed by atoms with Gasteiger partial charge in [-0.2, -0.15) is 0 Å². The maximum Gasteiger partial charge on any atom is 0.330 e. The molecule has 2 radical (unpaired) electrons. The second-order valence-corrected chi connectivity index (χ2v) is 9.24. The van der Waals surface area contributed by atoms with Crippen LogP contribution in [0.4, 0.5) is 0 Å². The molecule has 2 unspecified atom stereocenters. The molecule has 1 aliphatic rings. The molecular formula is C11H27BO9P2U. The Bertz CT molecular complexity index is 396. The molecule has 1 rings (SSSR count). The van der Waals surface area contributed by atoms with Crippen molar-refractivity contribution in [3.8, 4) is 0 Å². The van der Waals surface area contributed by atoms with Gasteiger partial charge in [-0.25, -0.2) is 0 Å². The van der Waals surface area contributed by atoms with Crippen LogP contribution in [0.1, 0.15) is 0 Å². The van der Waals surface area contributed by atoms with Crippen LogP contribution in [0.25, 0.3) is 0 Å². The minimum Gasteiger partial charge on any atom is -0.396 e. The zero-order chi connectivity index (χ0) is 19.2. The molecule has 0 aromatic heterocycles. The molecule has 1 saturated heterocycles. The molecule has 1 fully saturated rings. The summed E-state index contributed by atoms with van der Waals surface area (Å²) < 4.78 is 46.6. The zero-order valence-corrected chi connectivity index (χ0v) is 20.1. The zero-order valence-electron chi connectivity index (χ0n) is 15.2. The molecule has 0 aliphatic carbocycles. The maximum atomic E-state index is 11.4. The molecule has 0 bridgehead atoms. The largest absolute Gasteiger partial charge is 0.396 e. The van der Waals surface area contributed by atoms with Gasteiger partial charge in [-0.15, -0.1) is 0 Å². The molecule has 0 spiro atoms. The van der Waals surface area contributed by atoms with E-state index in [1.807, 2.05) is 0 Å². The van der Waals surface area contributed by atoms with Crippen molar-refractivity contribution >= 4 is 23.6 Å². The van der Waals surface area contributed by atoms with Crippen molar-refractivity contribution in [3.63, 3.8) is 0 Å². The van der Waals surface area contributed by atoms with Crippen LogP contribution in [0.5, 0.6) is 0 Å². The van der Waals surface area contributed by atoms with E-state index in [1.54, 1.807) is 0 Å². The summed E-state index contributed by atoms with van der Waals surface area (Å²) >= 11 is 0. The quantitative estimate of drug-likeness (QED) is 0.253. The SMILES string of the molecule is COP(=O)(CC(CO)CO)OC.COP1(=O)CC(CO)CO1.[2H][B].[U]. The van der Waals surface area contributed by atoms with Gasteiger partial charge in [0.2, 0.25) is 0 Å². The summed E-state index contributed by atoms with van der Waals surface area (Å²) in [5.74, 6) is -0.457. The van der Waals surface area contributed by atoms with Crippen molar-refractivity contribution in [1.82, 2.24) is 0 Å². The normalized spacial score (nSPS) is 23.3. The van der Waals surface area contributed by atoms with Gasteiger partial charge in [0.1, 0.15) is 0 Å². The van der Waals surface area contributed by atoms with Crippen LogP contribution < -0.4 is 0 Å². The van der Waals surface area contributed by atoms with Crippen molar-refractivity contribution in [2.45, 2.75) is 0 Å². The number of aliphatic hydroxyl groups is 3. The first kappa shape index (κ1) is 27.5. The van der Waals surface area contributed by atoms with Gasteiger partial charge in [0.05, 0.1) is 18.9 Å². The van der Waals surface area contributed by atoms with Gasteiger partial charge in [0, 0.05) is 92.5 Å².